The average Bonchev–Trinajstić information content (AvgIpc) is 3.79. The van der Waals surface area contributed by atoms with Crippen molar-refractivity contribution in [3.63, 3.8) is 0 Å². The van der Waals surface area contributed by atoms with E-state index in [4.69, 9.17) is 17.3 Å². The fourth-order valence-corrected chi connectivity index (χ4v) is 8.38. The maximum absolute atomic E-state index is 7.54. The summed E-state index contributed by atoms with van der Waals surface area (Å²) in [5.74, 6) is 0. The van der Waals surface area contributed by atoms with Crippen molar-refractivity contribution in [3.05, 3.63) is 163 Å². The maximum Gasteiger partial charge on any atom is 0.232 e. The van der Waals surface area contributed by atoms with Gasteiger partial charge in [-0.25, -0.2) is 0 Å². The molecule has 53 heavy (non-hydrogen) atoms. The SMILES string of the molecule is [2H]C([2H])([2H])c1c[c-]c(-c2cc(C([2H])([2H])[2H])c(C([2H])([2H])[2H])cn2)cc1.[Ir].[c-]1c2c3ccccc3n3c2c2c4c(cn5c6ccccc6nc5c14)-c1ccccc1B2c1ccccc1-3. The van der Waals surface area contributed by atoms with Crippen LogP contribution in [0.15, 0.2) is 134 Å². The minimum Gasteiger partial charge on any atom is -0.350 e. The Hall–Kier alpha value is -5.81. The van der Waals surface area contributed by atoms with E-state index in [1.54, 1.807) is 0 Å². The van der Waals surface area contributed by atoms with Gasteiger partial charge in [0.2, 0.25) is 6.71 Å². The molecule has 12 rings (SSSR count). The fourth-order valence-electron chi connectivity index (χ4n) is 8.38. The van der Waals surface area contributed by atoms with Gasteiger partial charge in [-0.2, -0.15) is 0 Å². The van der Waals surface area contributed by atoms with Crippen LogP contribution in [0.5, 0.6) is 0 Å². The summed E-state index contributed by atoms with van der Waals surface area (Å²) in [5, 5.41) is 4.82. The summed E-state index contributed by atoms with van der Waals surface area (Å²) < 4.78 is 71.7. The van der Waals surface area contributed by atoms with Crippen LogP contribution in [0.1, 0.15) is 29.0 Å². The molecule has 0 unspecified atom stereocenters. The second-order valence-electron chi connectivity index (χ2n) is 13.4. The Balaban J connectivity index is 0.000000161. The van der Waals surface area contributed by atoms with E-state index in [9.17, 15) is 0 Å². The number of pyridine rings is 2. The van der Waals surface area contributed by atoms with Crippen molar-refractivity contribution in [2.24, 2.45) is 0 Å². The summed E-state index contributed by atoms with van der Waals surface area (Å²) in [6.45, 7) is -7.30. The van der Waals surface area contributed by atoms with E-state index in [-0.39, 0.29) is 49.2 Å². The molecule has 0 aliphatic carbocycles. The molecular formula is C47H31BIrN4-2. The zero-order chi connectivity index (χ0) is 42.2. The van der Waals surface area contributed by atoms with Gasteiger partial charge in [-0.1, -0.05) is 118 Å². The number of rotatable bonds is 1. The van der Waals surface area contributed by atoms with Crippen molar-refractivity contribution in [2.45, 2.75) is 20.6 Å². The summed E-state index contributed by atoms with van der Waals surface area (Å²) in [6, 6.07) is 47.1. The Morgan fingerprint density at radius 2 is 1.53 bits per heavy atom. The van der Waals surface area contributed by atoms with E-state index in [1.165, 1.54) is 84.7 Å². The molecule has 0 bridgehead atoms. The first kappa shape index (κ1) is 23.7. The Kier molecular flexibility index (Phi) is 5.30. The Morgan fingerprint density at radius 3 is 2.38 bits per heavy atom. The van der Waals surface area contributed by atoms with Crippen LogP contribution in [0.2, 0.25) is 0 Å². The summed E-state index contributed by atoms with van der Waals surface area (Å²) >= 11 is 0. The van der Waals surface area contributed by atoms with Gasteiger partial charge >= 0.3 is 0 Å². The molecule has 0 saturated heterocycles. The van der Waals surface area contributed by atoms with Gasteiger partial charge < -0.3 is 14.0 Å². The van der Waals surface area contributed by atoms with Gasteiger partial charge in [0.15, 0.2) is 0 Å². The van der Waals surface area contributed by atoms with Gasteiger partial charge in [0.05, 0.1) is 16.7 Å². The molecule has 0 spiro atoms. The number of aryl methyl sites for hydroxylation is 3. The molecule has 1 radical (unpaired) electrons. The van der Waals surface area contributed by atoms with Gasteiger partial charge in [-0.15, -0.1) is 46.9 Å². The molecule has 2 aliphatic heterocycles. The topological polar surface area (TPSA) is 35.1 Å². The van der Waals surface area contributed by atoms with E-state index in [2.05, 4.69) is 129 Å². The zero-order valence-corrected chi connectivity index (χ0v) is 30.3. The Bertz CT molecular complexity index is 3460. The average molecular weight is 864 g/mol. The number of hydrogen-bond acceptors (Lipinski definition) is 2. The number of imidazole rings is 1. The smallest absolute Gasteiger partial charge is 0.232 e. The molecule has 4 aromatic heterocycles. The number of hydrogen-bond donors (Lipinski definition) is 0. The van der Waals surface area contributed by atoms with Gasteiger partial charge in [-0.3, -0.25) is 4.98 Å². The molecule has 0 amide bonds. The van der Waals surface area contributed by atoms with Crippen molar-refractivity contribution in [1.82, 2.24) is 18.9 Å². The van der Waals surface area contributed by atoms with Crippen molar-refractivity contribution >= 4 is 72.4 Å². The summed E-state index contributed by atoms with van der Waals surface area (Å²) in [4.78, 5) is 9.15. The zero-order valence-electron chi connectivity index (χ0n) is 36.9. The maximum atomic E-state index is 7.54. The van der Waals surface area contributed by atoms with Gasteiger partial charge in [0, 0.05) is 56.0 Å². The number of para-hydroxylation sites is 4. The van der Waals surface area contributed by atoms with Crippen molar-refractivity contribution < 1.29 is 32.4 Å². The molecule has 0 fully saturated rings. The molecule has 6 heteroatoms. The third-order valence-corrected chi connectivity index (χ3v) is 10.6. The summed E-state index contributed by atoms with van der Waals surface area (Å²) in [6.07, 6.45) is 3.33. The second kappa shape index (κ2) is 11.9. The molecule has 0 N–H and O–H groups in total. The Morgan fingerprint density at radius 1 is 0.736 bits per heavy atom. The first-order chi connectivity index (χ1) is 29.2. The van der Waals surface area contributed by atoms with Crippen molar-refractivity contribution in [1.29, 1.82) is 0 Å². The van der Waals surface area contributed by atoms with Crippen LogP contribution < -0.4 is 16.4 Å². The molecule has 10 aromatic rings. The molecule has 0 atom stereocenters. The largest absolute Gasteiger partial charge is 0.350 e. The van der Waals surface area contributed by atoms with E-state index in [0.717, 1.165) is 28.3 Å². The molecule has 6 heterocycles. The fraction of sp³-hybridized carbons (Fsp3) is 0.0638. The van der Waals surface area contributed by atoms with Crippen LogP contribution in [0, 0.1) is 32.7 Å². The van der Waals surface area contributed by atoms with Crippen LogP contribution >= 0.6 is 0 Å². The molecule has 4 nitrogen and oxygen atoms in total. The van der Waals surface area contributed by atoms with E-state index in [0.29, 0.717) is 5.56 Å². The number of fused-ring (bicyclic) bond motifs is 13. The van der Waals surface area contributed by atoms with Gasteiger partial charge in [0.1, 0.15) is 0 Å². The monoisotopic (exact) mass is 864 g/mol. The quantitative estimate of drug-likeness (QED) is 0.122. The molecule has 2 aliphatic rings. The van der Waals surface area contributed by atoms with Crippen LogP contribution in [-0.4, -0.2) is 25.6 Å². The third-order valence-electron chi connectivity index (χ3n) is 10.6. The molecule has 0 saturated carbocycles. The predicted molar refractivity (Wildman–Crippen MR) is 216 cm³/mol. The standard InChI is InChI=1S/C33H17BN3.C14H14N.Ir/c1-3-11-24-19(9-1)23-18-36-29-16-8-5-13-26(29)35-33(36)22-17-21-20-10-2-6-14-27(20)37-28-15-7-4-12-25(28)34(24)31(30(22)23)32(21)37;1-10-4-6-13(7-5-10)14-8-11(2)12(3)9-15-14;/h1-16,18H;4-6,8-9H,1-3H3;/q2*-1;/i;1D3,2D3,3D3;. The van der Waals surface area contributed by atoms with Crippen LogP contribution in [-0.2, 0) is 20.1 Å². The van der Waals surface area contributed by atoms with E-state index in [1.807, 2.05) is 0 Å². The van der Waals surface area contributed by atoms with Gasteiger partial charge in [0.25, 0.3) is 0 Å². The predicted octanol–water partition coefficient (Wildman–Crippen LogP) is 8.82. The van der Waals surface area contributed by atoms with Crippen molar-refractivity contribution in [2.75, 3.05) is 0 Å². The first-order valence-corrected chi connectivity index (χ1v) is 17.1. The third kappa shape index (κ3) is 4.53. The number of benzene rings is 6. The molecule has 253 valence electrons. The van der Waals surface area contributed by atoms with Crippen LogP contribution in [0.25, 0.3) is 77.3 Å². The van der Waals surface area contributed by atoms with Crippen LogP contribution in [0.4, 0.5) is 0 Å². The number of aromatic nitrogens is 4. The van der Waals surface area contributed by atoms with Crippen LogP contribution in [0.3, 0.4) is 0 Å². The molecular weight excluding hydrogens is 824 g/mol. The molecule has 6 aromatic carbocycles. The number of nitrogens with zero attached hydrogens (tertiary/aromatic N) is 4. The summed E-state index contributed by atoms with van der Waals surface area (Å²) in [7, 11) is 0. The van der Waals surface area contributed by atoms with E-state index >= 15 is 0 Å². The minimum atomic E-state index is -2.61. The van der Waals surface area contributed by atoms with E-state index < -0.39 is 20.6 Å². The second-order valence-corrected chi connectivity index (χ2v) is 13.4. The summed E-state index contributed by atoms with van der Waals surface area (Å²) in [5.41, 5.74) is 13.7. The minimum absolute atomic E-state index is 0. The van der Waals surface area contributed by atoms with Crippen molar-refractivity contribution in [3.8, 4) is 28.1 Å². The Labute approximate surface area is 333 Å². The normalized spacial score (nSPS) is 15.5. The first-order valence-electron chi connectivity index (χ1n) is 21.6. The van der Waals surface area contributed by atoms with Gasteiger partial charge in [-0.05, 0) is 71.3 Å².